The quantitative estimate of drug-likeness (QED) is 0.522. The standard InChI is InChI=1S/C11H10O4.C4H4O4/c12-10(13)6-7-11(14)15-8-9-4-2-1-3-5-9;5-3(6)1-2-4(7)8/h1-7H,8H2,(H,12,13);1-2H,(H,5,6)(H,7,8)/b7-6-;2-1+. The zero-order valence-corrected chi connectivity index (χ0v) is 11.8. The summed E-state index contributed by atoms with van der Waals surface area (Å²) in [6, 6.07) is 9.14. The summed E-state index contributed by atoms with van der Waals surface area (Å²) < 4.78 is 4.79. The smallest absolute Gasteiger partial charge is 0.331 e. The van der Waals surface area contributed by atoms with Crippen molar-refractivity contribution in [1.29, 1.82) is 0 Å². The Balaban J connectivity index is 0.000000515. The number of hydrogen-bond acceptors (Lipinski definition) is 5. The number of aliphatic carboxylic acids is 3. The lowest BCUT2D eigenvalue weighted by Crippen LogP contribution is -2.01. The highest BCUT2D eigenvalue weighted by Crippen LogP contribution is 2.00. The minimum absolute atomic E-state index is 0.142. The van der Waals surface area contributed by atoms with Crippen LogP contribution < -0.4 is 0 Å². The van der Waals surface area contributed by atoms with Crippen molar-refractivity contribution in [2.45, 2.75) is 6.61 Å². The van der Waals surface area contributed by atoms with Gasteiger partial charge in [0.05, 0.1) is 0 Å². The van der Waals surface area contributed by atoms with Gasteiger partial charge in [-0.1, -0.05) is 30.3 Å². The van der Waals surface area contributed by atoms with Gasteiger partial charge in [-0.2, -0.15) is 0 Å². The molecule has 0 fully saturated rings. The molecule has 122 valence electrons. The summed E-state index contributed by atoms with van der Waals surface area (Å²) >= 11 is 0. The number of carboxylic acids is 3. The molecule has 0 aliphatic carbocycles. The lowest BCUT2D eigenvalue weighted by atomic mass is 10.2. The molecule has 3 N–H and O–H groups in total. The monoisotopic (exact) mass is 322 g/mol. The normalized spacial score (nSPS) is 9.91. The highest BCUT2D eigenvalue weighted by molar-refractivity contribution is 5.90. The molecule has 0 atom stereocenters. The first kappa shape index (κ1) is 19.6. The first-order chi connectivity index (χ1) is 10.8. The van der Waals surface area contributed by atoms with E-state index in [1.165, 1.54) is 0 Å². The van der Waals surface area contributed by atoms with E-state index in [0.717, 1.165) is 17.7 Å². The minimum Gasteiger partial charge on any atom is -0.478 e. The van der Waals surface area contributed by atoms with Crippen molar-refractivity contribution in [2.75, 3.05) is 0 Å². The van der Waals surface area contributed by atoms with Crippen LogP contribution >= 0.6 is 0 Å². The maximum absolute atomic E-state index is 10.9. The Hall–Kier alpha value is -3.42. The van der Waals surface area contributed by atoms with Crippen molar-refractivity contribution in [3.8, 4) is 0 Å². The Kier molecular flexibility index (Phi) is 9.59. The van der Waals surface area contributed by atoms with E-state index >= 15 is 0 Å². The number of carboxylic acid groups (broad SMARTS) is 3. The lowest BCUT2D eigenvalue weighted by Gasteiger charge is -2.00. The zero-order chi connectivity index (χ0) is 17.7. The van der Waals surface area contributed by atoms with Gasteiger partial charge in [-0.25, -0.2) is 19.2 Å². The van der Waals surface area contributed by atoms with E-state index in [0.29, 0.717) is 12.2 Å². The number of hydrogen-bond donors (Lipinski definition) is 3. The molecule has 0 amide bonds. The van der Waals surface area contributed by atoms with E-state index in [1.807, 2.05) is 30.3 Å². The summed E-state index contributed by atoms with van der Waals surface area (Å²) in [7, 11) is 0. The zero-order valence-electron chi connectivity index (χ0n) is 11.8. The molecule has 1 aromatic carbocycles. The Labute approximate surface area is 130 Å². The predicted octanol–water partition coefficient (Wildman–Crippen LogP) is 1.08. The van der Waals surface area contributed by atoms with Crippen LogP contribution in [0.2, 0.25) is 0 Å². The Morgan fingerprint density at radius 3 is 1.65 bits per heavy atom. The van der Waals surface area contributed by atoms with Crippen LogP contribution in [0.5, 0.6) is 0 Å². The van der Waals surface area contributed by atoms with Crippen LogP contribution in [0.4, 0.5) is 0 Å². The molecule has 8 nitrogen and oxygen atoms in total. The molecule has 8 heteroatoms. The van der Waals surface area contributed by atoms with Crippen LogP contribution in [-0.2, 0) is 30.5 Å². The maximum Gasteiger partial charge on any atom is 0.331 e. The summed E-state index contributed by atoms with van der Waals surface area (Å²) in [4.78, 5) is 40.1. The predicted molar refractivity (Wildman–Crippen MR) is 77.4 cm³/mol. The van der Waals surface area contributed by atoms with Crippen LogP contribution in [0, 0.1) is 0 Å². The number of ether oxygens (including phenoxy) is 1. The Bertz CT molecular complexity index is 585. The number of benzene rings is 1. The van der Waals surface area contributed by atoms with Crippen molar-refractivity contribution in [2.24, 2.45) is 0 Å². The Morgan fingerprint density at radius 2 is 1.22 bits per heavy atom. The molecule has 0 heterocycles. The molecule has 0 spiro atoms. The summed E-state index contributed by atoms with van der Waals surface area (Å²) in [5, 5.41) is 23.9. The first-order valence-corrected chi connectivity index (χ1v) is 6.07. The highest BCUT2D eigenvalue weighted by Gasteiger charge is 1.98. The number of carbonyl (C=O) groups is 4. The molecule has 0 aliphatic rings. The molecular formula is C15H14O8. The molecule has 0 aromatic heterocycles. The van der Waals surface area contributed by atoms with E-state index in [2.05, 4.69) is 0 Å². The fourth-order valence-electron chi connectivity index (χ4n) is 1.06. The van der Waals surface area contributed by atoms with Crippen molar-refractivity contribution < 1.29 is 39.2 Å². The second-order valence-electron chi connectivity index (χ2n) is 3.77. The molecule has 23 heavy (non-hydrogen) atoms. The lowest BCUT2D eigenvalue weighted by molar-refractivity contribution is -0.139. The largest absolute Gasteiger partial charge is 0.478 e. The summed E-state index contributed by atoms with van der Waals surface area (Å²) in [5.74, 6) is -4.35. The Morgan fingerprint density at radius 1 is 0.783 bits per heavy atom. The van der Waals surface area contributed by atoms with Gasteiger partial charge in [-0.05, 0) is 5.56 Å². The molecule has 0 saturated heterocycles. The summed E-state index contributed by atoms with van der Waals surface area (Å²) in [6.45, 7) is 0.142. The molecule has 0 saturated carbocycles. The van der Waals surface area contributed by atoms with Gasteiger partial charge in [0.1, 0.15) is 6.61 Å². The van der Waals surface area contributed by atoms with Crippen LogP contribution in [0.15, 0.2) is 54.6 Å². The van der Waals surface area contributed by atoms with Crippen LogP contribution in [0.3, 0.4) is 0 Å². The van der Waals surface area contributed by atoms with Gasteiger partial charge in [0.25, 0.3) is 0 Å². The first-order valence-electron chi connectivity index (χ1n) is 6.07. The number of rotatable bonds is 6. The van der Waals surface area contributed by atoms with Gasteiger partial charge in [0.15, 0.2) is 0 Å². The fourth-order valence-corrected chi connectivity index (χ4v) is 1.06. The van der Waals surface area contributed by atoms with Crippen molar-refractivity contribution in [1.82, 2.24) is 0 Å². The molecule has 0 radical (unpaired) electrons. The molecule has 0 bridgehead atoms. The summed E-state index contributed by atoms with van der Waals surface area (Å²) in [6.07, 6.45) is 2.74. The molecule has 1 aromatic rings. The fraction of sp³-hybridized carbons (Fsp3) is 0.0667. The summed E-state index contributed by atoms with van der Waals surface area (Å²) in [5.41, 5.74) is 0.856. The number of carbonyl (C=O) groups excluding carboxylic acids is 1. The third-order valence-corrected chi connectivity index (χ3v) is 1.95. The van der Waals surface area contributed by atoms with Gasteiger partial charge >= 0.3 is 23.9 Å². The third-order valence-electron chi connectivity index (χ3n) is 1.95. The van der Waals surface area contributed by atoms with E-state index in [9.17, 15) is 19.2 Å². The van der Waals surface area contributed by atoms with Crippen molar-refractivity contribution >= 4 is 23.9 Å². The van der Waals surface area contributed by atoms with Crippen molar-refractivity contribution in [3.63, 3.8) is 0 Å². The van der Waals surface area contributed by atoms with E-state index in [-0.39, 0.29) is 6.61 Å². The van der Waals surface area contributed by atoms with E-state index in [4.69, 9.17) is 20.1 Å². The van der Waals surface area contributed by atoms with Gasteiger partial charge in [0.2, 0.25) is 0 Å². The second kappa shape index (κ2) is 11.3. The van der Waals surface area contributed by atoms with E-state index in [1.54, 1.807) is 0 Å². The topological polar surface area (TPSA) is 138 Å². The van der Waals surface area contributed by atoms with Crippen molar-refractivity contribution in [3.05, 3.63) is 60.2 Å². The van der Waals surface area contributed by atoms with Crippen LogP contribution in [0.25, 0.3) is 0 Å². The number of esters is 1. The van der Waals surface area contributed by atoms with E-state index < -0.39 is 23.9 Å². The molecule has 0 aliphatic heterocycles. The van der Waals surface area contributed by atoms with Crippen LogP contribution in [-0.4, -0.2) is 39.2 Å². The molecule has 1 rings (SSSR count). The average molecular weight is 322 g/mol. The van der Waals surface area contributed by atoms with Gasteiger partial charge in [-0.15, -0.1) is 0 Å². The van der Waals surface area contributed by atoms with Gasteiger partial charge in [-0.3, -0.25) is 0 Å². The SMILES string of the molecule is O=C(O)/C=C/C(=O)O.O=C(O)/C=C\C(=O)OCc1ccccc1. The average Bonchev–Trinajstić information content (AvgIpc) is 2.50. The minimum atomic E-state index is -1.26. The highest BCUT2D eigenvalue weighted by atomic mass is 16.5. The van der Waals surface area contributed by atoms with Gasteiger partial charge in [0, 0.05) is 24.3 Å². The molecule has 0 unspecified atom stereocenters. The molecular weight excluding hydrogens is 308 g/mol. The van der Waals surface area contributed by atoms with Gasteiger partial charge < -0.3 is 20.1 Å². The third kappa shape index (κ3) is 13.3. The second-order valence-corrected chi connectivity index (χ2v) is 3.77. The maximum atomic E-state index is 10.9. The van der Waals surface area contributed by atoms with Crippen LogP contribution in [0.1, 0.15) is 5.56 Å².